The summed E-state index contributed by atoms with van der Waals surface area (Å²) in [5.41, 5.74) is 0.378. The van der Waals surface area contributed by atoms with Crippen molar-refractivity contribution < 1.29 is 12.3 Å². The van der Waals surface area contributed by atoms with E-state index in [2.05, 4.69) is 10.1 Å². The monoisotopic (exact) mass is 226 g/mol. The molecule has 0 saturated heterocycles. The van der Waals surface area contributed by atoms with Crippen LogP contribution in [0.4, 0.5) is 3.89 Å². The molecule has 2 rings (SSSR count). The van der Waals surface area contributed by atoms with Crippen molar-refractivity contribution >= 4 is 15.9 Å². The summed E-state index contributed by atoms with van der Waals surface area (Å²) in [5, 5.41) is 12.3. The van der Waals surface area contributed by atoms with Crippen LogP contribution in [0.15, 0.2) is 23.5 Å². The topological polar surface area (TPSA) is 88.1 Å². The van der Waals surface area contributed by atoms with Crippen LogP contribution in [0.3, 0.4) is 0 Å². The average molecular weight is 226 g/mol. The van der Waals surface area contributed by atoms with E-state index in [1.807, 2.05) is 6.07 Å². The Bertz CT molecular complexity index is 670. The van der Waals surface area contributed by atoms with E-state index in [0.717, 1.165) is 16.9 Å². The fraction of sp³-hybridized carbons (Fsp3) is 0. The molecular weight excluding hydrogens is 223 g/mol. The van der Waals surface area contributed by atoms with Gasteiger partial charge in [-0.2, -0.15) is 18.8 Å². The van der Waals surface area contributed by atoms with Crippen molar-refractivity contribution in [3.05, 3.63) is 24.2 Å². The molecule has 2 aromatic heterocycles. The third-order valence-electron chi connectivity index (χ3n) is 1.73. The second-order valence-electron chi connectivity index (χ2n) is 2.67. The van der Waals surface area contributed by atoms with Crippen LogP contribution in [0, 0.1) is 11.3 Å². The zero-order chi connectivity index (χ0) is 11.1. The highest BCUT2D eigenvalue weighted by Crippen LogP contribution is 2.13. The summed E-state index contributed by atoms with van der Waals surface area (Å²) in [4.78, 5) is 3.04. The van der Waals surface area contributed by atoms with Crippen molar-refractivity contribution in [3.63, 3.8) is 0 Å². The van der Waals surface area contributed by atoms with Crippen LogP contribution in [-0.2, 0) is 10.2 Å². The Morgan fingerprint density at radius 3 is 2.80 bits per heavy atom. The predicted octanol–water partition coefficient (Wildman–Crippen LogP) is 0.259. The minimum absolute atomic E-state index is 0.185. The minimum Gasteiger partial charge on any atom is -0.234 e. The number of fused-ring (bicyclic) bond motifs is 1. The van der Waals surface area contributed by atoms with Gasteiger partial charge in [-0.05, 0) is 0 Å². The molecular formula is C7H3FN4O2S. The van der Waals surface area contributed by atoms with E-state index < -0.39 is 15.1 Å². The summed E-state index contributed by atoms with van der Waals surface area (Å²) in [5.74, 6) is 0. The molecule has 0 bridgehead atoms. The van der Waals surface area contributed by atoms with Gasteiger partial charge in [0, 0.05) is 0 Å². The van der Waals surface area contributed by atoms with E-state index in [-0.39, 0.29) is 11.2 Å². The van der Waals surface area contributed by atoms with Crippen LogP contribution in [0.25, 0.3) is 5.65 Å². The summed E-state index contributed by atoms with van der Waals surface area (Å²) in [6.07, 6.45) is 3.02. The quantitative estimate of drug-likeness (QED) is 0.651. The third kappa shape index (κ3) is 1.53. The van der Waals surface area contributed by atoms with Gasteiger partial charge in [0.1, 0.15) is 16.5 Å². The molecule has 0 aliphatic rings. The van der Waals surface area contributed by atoms with Crippen molar-refractivity contribution in [1.29, 1.82) is 5.26 Å². The number of aromatic nitrogens is 3. The van der Waals surface area contributed by atoms with Gasteiger partial charge in [0.2, 0.25) is 0 Å². The SMILES string of the molecule is N#Cc1cnn2cc(S(=O)(=O)F)cnc12. The standard InChI is InChI=1S/C7H3FN4O2S/c8-15(13,14)6-3-10-7-5(1-9)2-11-12(7)4-6/h2-4H. The highest BCUT2D eigenvalue weighted by molar-refractivity contribution is 7.86. The molecule has 0 saturated carbocycles. The van der Waals surface area contributed by atoms with E-state index >= 15 is 0 Å². The third-order valence-corrected chi connectivity index (χ3v) is 2.51. The van der Waals surface area contributed by atoms with Crippen molar-refractivity contribution in [1.82, 2.24) is 14.6 Å². The Labute approximate surface area is 83.8 Å². The first kappa shape index (κ1) is 9.54. The number of nitrogens with zero attached hydrogens (tertiary/aromatic N) is 4. The van der Waals surface area contributed by atoms with Gasteiger partial charge in [-0.1, -0.05) is 0 Å². The van der Waals surface area contributed by atoms with Crippen molar-refractivity contribution in [2.24, 2.45) is 0 Å². The number of rotatable bonds is 1. The maximum atomic E-state index is 12.6. The molecule has 0 radical (unpaired) electrons. The Morgan fingerprint density at radius 2 is 2.20 bits per heavy atom. The number of halogens is 1. The zero-order valence-electron chi connectivity index (χ0n) is 7.12. The highest BCUT2D eigenvalue weighted by atomic mass is 32.3. The Hall–Kier alpha value is -2.01. The lowest BCUT2D eigenvalue weighted by Gasteiger charge is -1.95. The Morgan fingerprint density at radius 1 is 1.47 bits per heavy atom. The van der Waals surface area contributed by atoms with Crippen LogP contribution in [0.2, 0.25) is 0 Å². The molecule has 0 spiro atoms. The molecule has 0 amide bonds. The van der Waals surface area contributed by atoms with E-state index in [9.17, 15) is 12.3 Å². The average Bonchev–Trinajstić information content (AvgIpc) is 2.58. The first-order valence-electron chi connectivity index (χ1n) is 3.70. The lowest BCUT2D eigenvalue weighted by molar-refractivity contribution is 0.550. The number of hydrogen-bond donors (Lipinski definition) is 0. The second kappa shape index (κ2) is 2.99. The Balaban J connectivity index is 2.76. The maximum absolute atomic E-state index is 12.6. The van der Waals surface area contributed by atoms with E-state index in [4.69, 9.17) is 5.26 Å². The first-order chi connectivity index (χ1) is 7.02. The molecule has 2 aromatic rings. The molecule has 0 atom stereocenters. The maximum Gasteiger partial charge on any atom is 0.335 e. The summed E-state index contributed by atoms with van der Waals surface area (Å²) in [6, 6.07) is 1.82. The van der Waals surface area contributed by atoms with Crippen LogP contribution < -0.4 is 0 Å². The summed E-state index contributed by atoms with van der Waals surface area (Å²) in [6.45, 7) is 0. The largest absolute Gasteiger partial charge is 0.335 e. The zero-order valence-corrected chi connectivity index (χ0v) is 7.94. The molecule has 0 unspecified atom stereocenters. The van der Waals surface area contributed by atoms with Crippen LogP contribution >= 0.6 is 0 Å². The highest BCUT2D eigenvalue weighted by Gasteiger charge is 2.14. The van der Waals surface area contributed by atoms with Gasteiger partial charge < -0.3 is 0 Å². The molecule has 0 aromatic carbocycles. The van der Waals surface area contributed by atoms with Gasteiger partial charge >= 0.3 is 10.2 Å². The molecule has 0 fully saturated rings. The molecule has 8 heteroatoms. The lowest BCUT2D eigenvalue weighted by atomic mass is 10.4. The van der Waals surface area contributed by atoms with Gasteiger partial charge in [0.05, 0.1) is 18.6 Å². The summed E-state index contributed by atoms with van der Waals surface area (Å²) in [7, 11) is -4.80. The Kier molecular flexibility index (Phi) is 1.90. The fourth-order valence-corrected chi connectivity index (χ4v) is 1.47. The lowest BCUT2D eigenvalue weighted by Crippen LogP contribution is -1.98. The first-order valence-corrected chi connectivity index (χ1v) is 5.09. The molecule has 0 aliphatic carbocycles. The second-order valence-corrected chi connectivity index (χ2v) is 4.01. The molecule has 0 N–H and O–H groups in total. The van der Waals surface area contributed by atoms with Crippen molar-refractivity contribution in [3.8, 4) is 6.07 Å². The smallest absolute Gasteiger partial charge is 0.234 e. The predicted molar refractivity (Wildman–Crippen MR) is 46.0 cm³/mol. The van der Waals surface area contributed by atoms with Gasteiger partial charge in [-0.25, -0.2) is 9.50 Å². The summed E-state index contributed by atoms with van der Waals surface area (Å²) < 4.78 is 34.7. The van der Waals surface area contributed by atoms with Gasteiger partial charge in [0.25, 0.3) is 0 Å². The van der Waals surface area contributed by atoms with Gasteiger partial charge in [0.15, 0.2) is 5.65 Å². The molecule has 76 valence electrons. The van der Waals surface area contributed by atoms with Gasteiger partial charge in [-0.15, -0.1) is 3.89 Å². The van der Waals surface area contributed by atoms with E-state index in [1.165, 1.54) is 6.20 Å². The molecule has 0 aliphatic heterocycles. The molecule has 6 nitrogen and oxygen atoms in total. The molecule has 15 heavy (non-hydrogen) atoms. The van der Waals surface area contributed by atoms with Crippen LogP contribution in [0.5, 0.6) is 0 Å². The van der Waals surface area contributed by atoms with E-state index in [0.29, 0.717) is 0 Å². The van der Waals surface area contributed by atoms with Crippen molar-refractivity contribution in [2.45, 2.75) is 4.90 Å². The van der Waals surface area contributed by atoms with E-state index in [1.54, 1.807) is 0 Å². The van der Waals surface area contributed by atoms with Crippen molar-refractivity contribution in [2.75, 3.05) is 0 Å². The fourth-order valence-electron chi connectivity index (χ4n) is 1.06. The van der Waals surface area contributed by atoms with Gasteiger partial charge in [-0.3, -0.25) is 0 Å². The van der Waals surface area contributed by atoms with Crippen LogP contribution in [0.1, 0.15) is 5.56 Å². The molecule has 2 heterocycles. The summed E-state index contributed by atoms with van der Waals surface area (Å²) >= 11 is 0. The van der Waals surface area contributed by atoms with Crippen LogP contribution in [-0.4, -0.2) is 23.0 Å². The normalized spacial score (nSPS) is 11.5. The minimum atomic E-state index is -4.80. The number of hydrogen-bond acceptors (Lipinski definition) is 5. The number of nitriles is 1.